The van der Waals surface area contributed by atoms with Gasteiger partial charge in [-0.15, -0.1) is 0 Å². The Morgan fingerprint density at radius 1 is 1.25 bits per heavy atom. The highest BCUT2D eigenvalue weighted by Crippen LogP contribution is 2.33. The molecule has 0 aliphatic carbocycles. The molecule has 2 saturated heterocycles. The van der Waals surface area contributed by atoms with Gasteiger partial charge in [0, 0.05) is 25.6 Å². The zero-order valence-corrected chi connectivity index (χ0v) is 12.2. The SMILES string of the molecule is Cc1ccc(OC2CCOC2)c(N2CCC(N)CC2)c1. The molecule has 110 valence electrons. The first-order valence-corrected chi connectivity index (χ1v) is 7.58. The second kappa shape index (κ2) is 6.02. The van der Waals surface area contributed by atoms with Crippen LogP contribution in [-0.4, -0.2) is 38.4 Å². The van der Waals surface area contributed by atoms with Crippen LogP contribution in [-0.2, 0) is 4.74 Å². The third kappa shape index (κ3) is 3.07. The summed E-state index contributed by atoms with van der Waals surface area (Å²) in [6.07, 6.45) is 3.29. The molecule has 0 amide bonds. The van der Waals surface area contributed by atoms with E-state index in [4.69, 9.17) is 15.2 Å². The Bertz CT molecular complexity index is 450. The van der Waals surface area contributed by atoms with E-state index in [0.717, 1.165) is 44.7 Å². The second-order valence-electron chi connectivity index (χ2n) is 5.90. The van der Waals surface area contributed by atoms with Crippen molar-refractivity contribution in [3.63, 3.8) is 0 Å². The van der Waals surface area contributed by atoms with Crippen LogP contribution in [0.2, 0.25) is 0 Å². The molecule has 0 aromatic heterocycles. The van der Waals surface area contributed by atoms with Crippen molar-refractivity contribution < 1.29 is 9.47 Å². The third-order valence-corrected chi connectivity index (χ3v) is 4.18. The molecule has 1 aromatic rings. The van der Waals surface area contributed by atoms with Gasteiger partial charge in [-0.05, 0) is 37.5 Å². The van der Waals surface area contributed by atoms with Gasteiger partial charge in [0.15, 0.2) is 0 Å². The first-order chi connectivity index (χ1) is 9.72. The molecule has 3 rings (SSSR count). The van der Waals surface area contributed by atoms with Crippen molar-refractivity contribution in [3.8, 4) is 5.75 Å². The Morgan fingerprint density at radius 2 is 2.05 bits per heavy atom. The van der Waals surface area contributed by atoms with Crippen molar-refractivity contribution in [1.82, 2.24) is 0 Å². The van der Waals surface area contributed by atoms with Crippen LogP contribution in [0, 0.1) is 6.92 Å². The molecule has 0 radical (unpaired) electrons. The largest absolute Gasteiger partial charge is 0.486 e. The first-order valence-electron chi connectivity index (χ1n) is 7.58. The maximum atomic E-state index is 6.14. The number of nitrogens with zero attached hydrogens (tertiary/aromatic N) is 1. The van der Waals surface area contributed by atoms with Crippen LogP contribution >= 0.6 is 0 Å². The predicted molar refractivity (Wildman–Crippen MR) is 80.5 cm³/mol. The molecule has 1 unspecified atom stereocenters. The van der Waals surface area contributed by atoms with Gasteiger partial charge in [-0.1, -0.05) is 6.07 Å². The molecule has 1 atom stereocenters. The molecule has 0 bridgehead atoms. The van der Waals surface area contributed by atoms with Crippen LogP contribution in [0.1, 0.15) is 24.8 Å². The number of hydrogen-bond acceptors (Lipinski definition) is 4. The van der Waals surface area contributed by atoms with Gasteiger partial charge in [-0.25, -0.2) is 0 Å². The van der Waals surface area contributed by atoms with E-state index in [2.05, 4.69) is 30.0 Å². The minimum Gasteiger partial charge on any atom is -0.486 e. The van der Waals surface area contributed by atoms with E-state index in [0.29, 0.717) is 12.6 Å². The van der Waals surface area contributed by atoms with E-state index in [1.165, 1.54) is 11.3 Å². The van der Waals surface area contributed by atoms with Crippen LogP contribution < -0.4 is 15.4 Å². The van der Waals surface area contributed by atoms with E-state index in [9.17, 15) is 0 Å². The van der Waals surface area contributed by atoms with E-state index < -0.39 is 0 Å². The normalized spacial score (nSPS) is 24.1. The summed E-state index contributed by atoms with van der Waals surface area (Å²) in [5, 5.41) is 0. The van der Waals surface area contributed by atoms with Gasteiger partial charge in [-0.3, -0.25) is 0 Å². The second-order valence-corrected chi connectivity index (χ2v) is 5.90. The van der Waals surface area contributed by atoms with Crippen molar-refractivity contribution in [2.45, 2.75) is 38.3 Å². The molecule has 0 spiro atoms. The molecule has 4 nitrogen and oxygen atoms in total. The highest BCUT2D eigenvalue weighted by atomic mass is 16.5. The summed E-state index contributed by atoms with van der Waals surface area (Å²) < 4.78 is 11.5. The van der Waals surface area contributed by atoms with E-state index in [1.807, 2.05) is 0 Å². The van der Waals surface area contributed by atoms with Crippen molar-refractivity contribution in [1.29, 1.82) is 0 Å². The lowest BCUT2D eigenvalue weighted by atomic mass is 10.0. The quantitative estimate of drug-likeness (QED) is 0.918. The van der Waals surface area contributed by atoms with Crippen LogP contribution in [0.4, 0.5) is 5.69 Å². The molecule has 2 aliphatic rings. The van der Waals surface area contributed by atoms with E-state index in [-0.39, 0.29) is 6.10 Å². The van der Waals surface area contributed by atoms with Crippen molar-refractivity contribution in [3.05, 3.63) is 23.8 Å². The summed E-state index contributed by atoms with van der Waals surface area (Å²) in [6, 6.07) is 6.78. The summed E-state index contributed by atoms with van der Waals surface area (Å²) in [5.41, 5.74) is 8.48. The fourth-order valence-corrected chi connectivity index (χ4v) is 2.90. The van der Waals surface area contributed by atoms with Crippen LogP contribution in [0.3, 0.4) is 0 Å². The van der Waals surface area contributed by atoms with Gasteiger partial charge in [0.05, 0.1) is 18.9 Å². The van der Waals surface area contributed by atoms with Crippen molar-refractivity contribution >= 4 is 5.69 Å². The Hall–Kier alpha value is -1.26. The molecule has 1 aromatic carbocycles. The molecule has 4 heteroatoms. The standard InChI is InChI=1S/C16H24N2O2/c1-12-2-3-16(20-14-6-9-19-11-14)15(10-12)18-7-4-13(17)5-8-18/h2-3,10,13-14H,4-9,11,17H2,1H3. The highest BCUT2D eigenvalue weighted by Gasteiger charge is 2.22. The molecule has 0 saturated carbocycles. The summed E-state index contributed by atoms with van der Waals surface area (Å²) in [6.45, 7) is 5.68. The fraction of sp³-hybridized carbons (Fsp3) is 0.625. The van der Waals surface area contributed by atoms with E-state index >= 15 is 0 Å². The maximum absolute atomic E-state index is 6.14. The van der Waals surface area contributed by atoms with Crippen LogP contribution in [0.25, 0.3) is 0 Å². The number of anilines is 1. The fourth-order valence-electron chi connectivity index (χ4n) is 2.90. The predicted octanol–water partition coefficient (Wildman–Crippen LogP) is 2.09. The molecule has 2 heterocycles. The maximum Gasteiger partial charge on any atom is 0.143 e. The van der Waals surface area contributed by atoms with Gasteiger partial charge >= 0.3 is 0 Å². The lowest BCUT2D eigenvalue weighted by molar-refractivity contribution is 0.141. The van der Waals surface area contributed by atoms with Gasteiger partial charge in [0.1, 0.15) is 11.9 Å². The minimum absolute atomic E-state index is 0.198. The van der Waals surface area contributed by atoms with Crippen molar-refractivity contribution in [2.24, 2.45) is 5.73 Å². The summed E-state index contributed by atoms with van der Waals surface area (Å²) in [5.74, 6) is 0.988. The molecular formula is C16H24N2O2. The molecule has 2 aliphatic heterocycles. The Morgan fingerprint density at radius 3 is 2.75 bits per heavy atom. The number of piperidine rings is 1. The average Bonchev–Trinajstić information content (AvgIpc) is 2.95. The van der Waals surface area contributed by atoms with Gasteiger partial charge in [0.2, 0.25) is 0 Å². The number of hydrogen-bond donors (Lipinski definition) is 1. The van der Waals surface area contributed by atoms with Crippen molar-refractivity contribution in [2.75, 3.05) is 31.2 Å². The van der Waals surface area contributed by atoms with E-state index in [1.54, 1.807) is 0 Å². The Balaban J connectivity index is 1.78. The topological polar surface area (TPSA) is 47.7 Å². The van der Waals surface area contributed by atoms with Crippen LogP contribution in [0.15, 0.2) is 18.2 Å². The Labute approximate surface area is 120 Å². The average molecular weight is 276 g/mol. The zero-order valence-electron chi connectivity index (χ0n) is 12.2. The summed E-state index contributed by atoms with van der Waals surface area (Å²) in [4.78, 5) is 2.40. The van der Waals surface area contributed by atoms with Crippen LogP contribution in [0.5, 0.6) is 5.75 Å². The van der Waals surface area contributed by atoms with Gasteiger partial charge in [-0.2, -0.15) is 0 Å². The third-order valence-electron chi connectivity index (χ3n) is 4.18. The smallest absolute Gasteiger partial charge is 0.143 e. The first kappa shape index (κ1) is 13.7. The molecule has 2 N–H and O–H groups in total. The number of nitrogens with two attached hydrogens (primary N) is 1. The van der Waals surface area contributed by atoms with Gasteiger partial charge < -0.3 is 20.1 Å². The molecular weight excluding hydrogens is 252 g/mol. The summed E-state index contributed by atoms with van der Waals surface area (Å²) >= 11 is 0. The molecule has 2 fully saturated rings. The number of aryl methyl sites for hydroxylation is 1. The minimum atomic E-state index is 0.198. The molecule has 20 heavy (non-hydrogen) atoms. The lowest BCUT2D eigenvalue weighted by Crippen LogP contribution is -2.40. The summed E-state index contributed by atoms with van der Waals surface area (Å²) in [7, 11) is 0. The number of ether oxygens (including phenoxy) is 2. The number of rotatable bonds is 3. The monoisotopic (exact) mass is 276 g/mol. The van der Waals surface area contributed by atoms with Gasteiger partial charge in [0.25, 0.3) is 0 Å². The number of benzene rings is 1. The Kier molecular flexibility index (Phi) is 4.13. The highest BCUT2D eigenvalue weighted by molar-refractivity contribution is 5.60. The lowest BCUT2D eigenvalue weighted by Gasteiger charge is -2.33. The zero-order chi connectivity index (χ0) is 13.9.